The third-order valence-electron chi connectivity index (χ3n) is 2.70. The third-order valence-corrected chi connectivity index (χ3v) is 3.16. The predicted molar refractivity (Wildman–Crippen MR) is 70.5 cm³/mol. The Bertz CT molecular complexity index is 465. The fraction of sp³-hybridized carbons (Fsp3) is 0.417. The second kappa shape index (κ2) is 5.58. The van der Waals surface area contributed by atoms with Gasteiger partial charge in [-0.25, -0.2) is 4.79 Å². The van der Waals surface area contributed by atoms with Crippen LogP contribution in [0.4, 0.5) is 4.79 Å². The fourth-order valence-corrected chi connectivity index (χ4v) is 2.48. The van der Waals surface area contributed by atoms with E-state index in [0.29, 0.717) is 19.7 Å². The molecule has 1 aliphatic rings. The number of nitrogens with two attached hydrogens (primary N) is 1. The van der Waals surface area contributed by atoms with Gasteiger partial charge < -0.3 is 20.5 Å². The summed E-state index contributed by atoms with van der Waals surface area (Å²) in [5.74, 6) is 0.767. The molecule has 1 fully saturated rings. The number of amides is 1. The van der Waals surface area contributed by atoms with Crippen molar-refractivity contribution in [1.82, 2.24) is 5.32 Å². The Balaban J connectivity index is 2.06. The van der Waals surface area contributed by atoms with E-state index in [4.69, 9.17) is 15.2 Å². The highest BCUT2D eigenvalue weighted by Crippen LogP contribution is 2.28. The van der Waals surface area contributed by atoms with Gasteiger partial charge in [-0.15, -0.1) is 0 Å². The van der Waals surface area contributed by atoms with Gasteiger partial charge in [0.05, 0.1) is 6.54 Å². The van der Waals surface area contributed by atoms with Crippen LogP contribution in [0, 0.1) is 6.92 Å². The third kappa shape index (κ3) is 2.94. The summed E-state index contributed by atoms with van der Waals surface area (Å²) in [5, 5.41) is 2.58. The number of aryl methyl sites for hydroxylation is 1. The summed E-state index contributed by atoms with van der Waals surface area (Å²) >= 11 is 3.42. The lowest BCUT2D eigenvalue weighted by Gasteiger charge is -2.16. The first-order valence-corrected chi connectivity index (χ1v) is 6.46. The van der Waals surface area contributed by atoms with Gasteiger partial charge in [0, 0.05) is 16.6 Å². The van der Waals surface area contributed by atoms with Crippen LogP contribution in [0.1, 0.15) is 11.1 Å². The number of hydrogen-bond donors (Lipinski definition) is 2. The number of carbonyl (C=O) groups is 1. The number of carbonyl (C=O) groups excluding carboxylic acids is 1. The average molecular weight is 315 g/mol. The minimum absolute atomic E-state index is 0.244. The minimum Gasteiger partial charge on any atom is -0.489 e. The Kier molecular flexibility index (Phi) is 4.08. The van der Waals surface area contributed by atoms with Crippen LogP contribution < -0.4 is 15.8 Å². The van der Waals surface area contributed by atoms with E-state index in [-0.39, 0.29) is 6.10 Å². The van der Waals surface area contributed by atoms with Crippen molar-refractivity contribution < 1.29 is 14.3 Å². The van der Waals surface area contributed by atoms with Crippen LogP contribution in [0.2, 0.25) is 0 Å². The van der Waals surface area contributed by atoms with E-state index in [1.54, 1.807) is 0 Å². The number of benzene rings is 1. The molecule has 2 rings (SSSR count). The van der Waals surface area contributed by atoms with Crippen LogP contribution in [0.3, 0.4) is 0 Å². The highest BCUT2D eigenvalue weighted by Gasteiger charge is 2.23. The second-order valence-corrected chi connectivity index (χ2v) is 5.05. The molecule has 5 nitrogen and oxygen atoms in total. The van der Waals surface area contributed by atoms with Crippen LogP contribution in [-0.2, 0) is 11.3 Å². The number of rotatable bonds is 4. The van der Waals surface area contributed by atoms with Crippen molar-refractivity contribution >= 4 is 22.0 Å². The molecule has 1 unspecified atom stereocenters. The summed E-state index contributed by atoms with van der Waals surface area (Å²) in [4.78, 5) is 10.9. The van der Waals surface area contributed by atoms with Crippen LogP contribution >= 0.6 is 15.9 Å². The van der Waals surface area contributed by atoms with E-state index < -0.39 is 6.09 Å². The summed E-state index contributed by atoms with van der Waals surface area (Å²) in [6.45, 7) is 3.16. The van der Waals surface area contributed by atoms with Crippen LogP contribution in [0.15, 0.2) is 16.6 Å². The Morgan fingerprint density at radius 2 is 2.39 bits per heavy atom. The summed E-state index contributed by atoms with van der Waals surface area (Å²) in [7, 11) is 0. The maximum Gasteiger partial charge on any atom is 0.407 e. The average Bonchev–Trinajstić information content (AvgIpc) is 2.73. The van der Waals surface area contributed by atoms with Crippen molar-refractivity contribution in [2.24, 2.45) is 5.73 Å². The smallest absolute Gasteiger partial charge is 0.407 e. The number of alkyl carbamates (subject to hydrolysis) is 1. The lowest BCUT2D eigenvalue weighted by molar-refractivity contribution is 0.104. The SMILES string of the molecule is Cc1cc(Br)cc(CN)c1OCC1CNC(=O)O1. The van der Waals surface area contributed by atoms with E-state index in [9.17, 15) is 4.79 Å². The molecule has 0 aromatic heterocycles. The lowest BCUT2D eigenvalue weighted by Crippen LogP contribution is -2.22. The molecule has 18 heavy (non-hydrogen) atoms. The summed E-state index contributed by atoms with van der Waals surface area (Å²) in [6.07, 6.45) is -0.638. The molecule has 1 aromatic rings. The molecule has 0 radical (unpaired) electrons. The molecule has 1 heterocycles. The number of cyclic esters (lactones) is 1. The number of ether oxygens (including phenoxy) is 2. The molecule has 0 spiro atoms. The van der Waals surface area contributed by atoms with Crippen molar-refractivity contribution in [3.63, 3.8) is 0 Å². The van der Waals surface area contributed by atoms with Crippen LogP contribution in [0.25, 0.3) is 0 Å². The van der Waals surface area contributed by atoms with Gasteiger partial charge in [0.25, 0.3) is 0 Å². The molecule has 0 bridgehead atoms. The van der Waals surface area contributed by atoms with E-state index in [2.05, 4.69) is 21.2 Å². The first kappa shape index (κ1) is 13.2. The normalized spacial score (nSPS) is 18.4. The molecule has 1 aromatic carbocycles. The first-order valence-electron chi connectivity index (χ1n) is 5.66. The van der Waals surface area contributed by atoms with Gasteiger partial charge in [-0.2, -0.15) is 0 Å². The van der Waals surface area contributed by atoms with Crippen molar-refractivity contribution in [2.75, 3.05) is 13.2 Å². The zero-order chi connectivity index (χ0) is 13.1. The monoisotopic (exact) mass is 314 g/mol. The molecule has 1 amide bonds. The van der Waals surface area contributed by atoms with Gasteiger partial charge in [-0.1, -0.05) is 15.9 Å². The molecule has 98 valence electrons. The fourth-order valence-electron chi connectivity index (χ4n) is 1.86. The topological polar surface area (TPSA) is 73.6 Å². The van der Waals surface area contributed by atoms with Gasteiger partial charge >= 0.3 is 6.09 Å². The van der Waals surface area contributed by atoms with Gasteiger partial charge in [0.1, 0.15) is 12.4 Å². The highest BCUT2D eigenvalue weighted by molar-refractivity contribution is 9.10. The van der Waals surface area contributed by atoms with Crippen molar-refractivity contribution in [3.8, 4) is 5.75 Å². The summed E-state index contributed by atoms with van der Waals surface area (Å²) < 4.78 is 11.7. The molecule has 0 saturated carbocycles. The number of nitrogens with one attached hydrogen (secondary N) is 1. The Hall–Kier alpha value is -1.27. The zero-order valence-corrected chi connectivity index (χ0v) is 11.6. The molecule has 6 heteroatoms. The zero-order valence-electron chi connectivity index (χ0n) is 10.0. The first-order chi connectivity index (χ1) is 8.60. The molecule has 1 aliphatic heterocycles. The van der Waals surface area contributed by atoms with E-state index in [1.807, 2.05) is 19.1 Å². The molecular weight excluding hydrogens is 300 g/mol. The van der Waals surface area contributed by atoms with E-state index >= 15 is 0 Å². The lowest BCUT2D eigenvalue weighted by atomic mass is 10.1. The van der Waals surface area contributed by atoms with Gasteiger partial charge in [-0.05, 0) is 24.6 Å². The molecule has 0 aliphatic carbocycles. The maximum absolute atomic E-state index is 10.9. The predicted octanol–water partition coefficient (Wildman–Crippen LogP) is 1.70. The Labute approximate surface area is 114 Å². The largest absolute Gasteiger partial charge is 0.489 e. The molecule has 1 saturated heterocycles. The maximum atomic E-state index is 10.9. The van der Waals surface area contributed by atoms with Crippen molar-refractivity contribution in [2.45, 2.75) is 19.6 Å². The second-order valence-electron chi connectivity index (χ2n) is 4.13. The molecule has 1 atom stereocenters. The highest BCUT2D eigenvalue weighted by atomic mass is 79.9. The molecular formula is C12H15BrN2O3. The van der Waals surface area contributed by atoms with Crippen LogP contribution in [-0.4, -0.2) is 25.3 Å². The Morgan fingerprint density at radius 1 is 1.61 bits per heavy atom. The van der Waals surface area contributed by atoms with Gasteiger partial charge in [-0.3, -0.25) is 0 Å². The number of halogens is 1. The minimum atomic E-state index is -0.393. The van der Waals surface area contributed by atoms with Crippen molar-refractivity contribution in [3.05, 3.63) is 27.7 Å². The van der Waals surface area contributed by atoms with Gasteiger partial charge in [0.2, 0.25) is 0 Å². The standard InChI is InChI=1S/C12H15BrN2O3/c1-7-2-9(13)3-8(4-14)11(7)17-6-10-5-15-12(16)18-10/h2-3,10H,4-6,14H2,1H3,(H,15,16). The van der Waals surface area contributed by atoms with Gasteiger partial charge in [0.15, 0.2) is 6.10 Å². The quantitative estimate of drug-likeness (QED) is 0.887. The summed E-state index contributed by atoms with van der Waals surface area (Å²) in [6, 6.07) is 3.90. The molecule has 3 N–H and O–H groups in total. The summed E-state index contributed by atoms with van der Waals surface area (Å²) in [5.41, 5.74) is 7.63. The number of hydrogen-bond acceptors (Lipinski definition) is 4. The van der Waals surface area contributed by atoms with E-state index in [1.165, 1.54) is 0 Å². The van der Waals surface area contributed by atoms with E-state index in [0.717, 1.165) is 21.3 Å². The van der Waals surface area contributed by atoms with Crippen LogP contribution in [0.5, 0.6) is 5.75 Å². The Morgan fingerprint density at radius 3 is 3.00 bits per heavy atom. The van der Waals surface area contributed by atoms with Crippen molar-refractivity contribution in [1.29, 1.82) is 0 Å².